The van der Waals surface area contributed by atoms with E-state index >= 15 is 0 Å². The Bertz CT molecular complexity index is 1290. The maximum absolute atomic E-state index is 13.2. The second-order valence-electron chi connectivity index (χ2n) is 11.2. The summed E-state index contributed by atoms with van der Waals surface area (Å²) < 4.78 is 25.7. The molecule has 1 N–H and O–H groups in total. The molecule has 1 aromatic carbocycles. The number of aromatic nitrogens is 2. The van der Waals surface area contributed by atoms with Gasteiger partial charge in [-0.05, 0) is 50.5 Å². The van der Waals surface area contributed by atoms with E-state index < -0.39 is 16.1 Å². The molecule has 3 saturated heterocycles. The minimum absolute atomic E-state index is 0.0217. The Balaban J connectivity index is 1.19. The molecular weight excluding hydrogens is 516 g/mol. The van der Waals surface area contributed by atoms with Crippen LogP contribution < -0.4 is 5.32 Å². The van der Waals surface area contributed by atoms with Crippen molar-refractivity contribution < 1.29 is 18.0 Å². The summed E-state index contributed by atoms with van der Waals surface area (Å²) in [4.78, 5) is 39.3. The van der Waals surface area contributed by atoms with Crippen molar-refractivity contribution in [2.75, 3.05) is 45.5 Å². The van der Waals surface area contributed by atoms with Gasteiger partial charge in [-0.2, -0.15) is 4.31 Å². The highest BCUT2D eigenvalue weighted by molar-refractivity contribution is 7.88. The van der Waals surface area contributed by atoms with Gasteiger partial charge in [0.2, 0.25) is 15.9 Å². The van der Waals surface area contributed by atoms with Crippen molar-refractivity contribution in [3.05, 3.63) is 59.2 Å². The lowest BCUT2D eigenvalue weighted by Gasteiger charge is -2.27. The third-order valence-electron chi connectivity index (χ3n) is 8.47. The lowest BCUT2D eigenvalue weighted by Crippen LogP contribution is -2.46. The van der Waals surface area contributed by atoms with Gasteiger partial charge in [0.25, 0.3) is 5.91 Å². The van der Waals surface area contributed by atoms with Crippen LogP contribution >= 0.6 is 0 Å². The number of rotatable bonds is 8. The van der Waals surface area contributed by atoms with E-state index in [1.54, 1.807) is 0 Å². The summed E-state index contributed by atoms with van der Waals surface area (Å²) in [6, 6.07) is 9.02. The minimum Gasteiger partial charge on any atom is -0.348 e. The first-order chi connectivity index (χ1) is 18.6. The first kappa shape index (κ1) is 27.7. The summed E-state index contributed by atoms with van der Waals surface area (Å²) in [5.41, 5.74) is 3.07. The van der Waals surface area contributed by atoms with Crippen molar-refractivity contribution >= 4 is 21.8 Å². The molecule has 5 rings (SSSR count). The Morgan fingerprint density at radius 3 is 2.28 bits per heavy atom. The topological polar surface area (TPSA) is 116 Å². The lowest BCUT2D eigenvalue weighted by atomic mass is 10.0. The molecule has 39 heavy (non-hydrogen) atoms. The molecule has 0 spiro atoms. The van der Waals surface area contributed by atoms with Crippen LogP contribution in [0, 0.1) is 25.7 Å². The molecule has 2 unspecified atom stereocenters. The van der Waals surface area contributed by atoms with E-state index in [0.29, 0.717) is 36.8 Å². The van der Waals surface area contributed by atoms with Gasteiger partial charge in [0.15, 0.2) is 0 Å². The molecule has 11 heteroatoms. The molecular formula is C28H38N6O4S. The van der Waals surface area contributed by atoms with Crippen LogP contribution in [0.2, 0.25) is 0 Å². The molecule has 0 saturated carbocycles. The van der Waals surface area contributed by atoms with Crippen molar-refractivity contribution in [3.8, 4) is 0 Å². The van der Waals surface area contributed by atoms with Gasteiger partial charge < -0.3 is 15.1 Å². The zero-order valence-corrected chi connectivity index (χ0v) is 23.7. The van der Waals surface area contributed by atoms with Crippen LogP contribution in [0.5, 0.6) is 0 Å². The van der Waals surface area contributed by atoms with Crippen LogP contribution in [0.4, 0.5) is 0 Å². The normalized spacial score (nSPS) is 24.6. The van der Waals surface area contributed by atoms with E-state index in [0.717, 1.165) is 56.1 Å². The van der Waals surface area contributed by atoms with Crippen LogP contribution in [0.1, 0.15) is 52.6 Å². The number of fused-ring (bicyclic) bond motifs is 1. The zero-order valence-electron chi connectivity index (χ0n) is 22.9. The van der Waals surface area contributed by atoms with E-state index in [9.17, 15) is 18.0 Å². The maximum atomic E-state index is 13.2. The SMILES string of the molecule is Cc1ncnc(C)c1C(=O)N1CC2CN(CC[C@H](NC(=O)[C@@H]3CCCN3S(C)(=O)=O)c3ccccc3)CC2C1. The number of nitrogens with one attached hydrogen (secondary N) is 1. The van der Waals surface area contributed by atoms with Gasteiger partial charge in [-0.1, -0.05) is 30.3 Å². The molecule has 0 bridgehead atoms. The van der Waals surface area contributed by atoms with Gasteiger partial charge >= 0.3 is 0 Å². The Hall–Kier alpha value is -2.89. The molecule has 2 aromatic rings. The third kappa shape index (κ3) is 6.00. The van der Waals surface area contributed by atoms with E-state index in [2.05, 4.69) is 20.2 Å². The molecule has 4 heterocycles. The number of amides is 2. The van der Waals surface area contributed by atoms with Crippen molar-refractivity contribution in [1.82, 2.24) is 29.4 Å². The highest BCUT2D eigenvalue weighted by Crippen LogP contribution is 2.33. The summed E-state index contributed by atoms with van der Waals surface area (Å²) in [5.74, 6) is 0.639. The van der Waals surface area contributed by atoms with E-state index in [1.807, 2.05) is 49.1 Å². The minimum atomic E-state index is -3.44. The first-order valence-electron chi connectivity index (χ1n) is 13.7. The largest absolute Gasteiger partial charge is 0.348 e. The standard InChI is InChI=1S/C28H38N6O4S/c1-19-26(20(2)30-18-29-19)28(36)33-16-22-14-32(15-23(22)17-33)13-11-24(21-8-5-4-6-9-21)31-27(35)25-10-7-12-34(25)39(3,37)38/h4-6,8-9,18,22-25H,7,10-17H2,1-3H3,(H,31,35)/t22?,23?,24-,25-/m0/s1. The summed E-state index contributed by atoms with van der Waals surface area (Å²) >= 11 is 0. The number of sulfonamides is 1. The predicted octanol–water partition coefficient (Wildman–Crippen LogP) is 1.77. The van der Waals surface area contributed by atoms with Crippen molar-refractivity contribution in [1.29, 1.82) is 0 Å². The number of carbonyl (C=O) groups is 2. The van der Waals surface area contributed by atoms with Gasteiger partial charge in [-0.3, -0.25) is 9.59 Å². The fourth-order valence-corrected chi connectivity index (χ4v) is 7.61. The Kier molecular flexibility index (Phi) is 8.02. The molecule has 1 aromatic heterocycles. The summed E-state index contributed by atoms with van der Waals surface area (Å²) in [7, 11) is -3.44. The van der Waals surface area contributed by atoms with Crippen LogP contribution in [-0.2, 0) is 14.8 Å². The van der Waals surface area contributed by atoms with Gasteiger partial charge in [0.1, 0.15) is 12.4 Å². The maximum Gasteiger partial charge on any atom is 0.257 e. The molecule has 0 aliphatic carbocycles. The summed E-state index contributed by atoms with van der Waals surface area (Å²) in [6.07, 6.45) is 4.62. The van der Waals surface area contributed by atoms with Gasteiger partial charge in [-0.25, -0.2) is 18.4 Å². The first-order valence-corrected chi connectivity index (χ1v) is 15.6. The van der Waals surface area contributed by atoms with Gasteiger partial charge in [0, 0.05) is 39.3 Å². The molecule has 3 fully saturated rings. The van der Waals surface area contributed by atoms with Gasteiger partial charge in [0.05, 0.1) is 29.2 Å². The number of likely N-dealkylation sites (tertiary alicyclic amines) is 2. The van der Waals surface area contributed by atoms with Crippen molar-refractivity contribution in [2.24, 2.45) is 11.8 Å². The van der Waals surface area contributed by atoms with E-state index in [-0.39, 0.29) is 17.9 Å². The van der Waals surface area contributed by atoms with Crippen LogP contribution in [0.25, 0.3) is 0 Å². The fourth-order valence-electron chi connectivity index (χ4n) is 6.49. The Morgan fingerprint density at radius 2 is 1.67 bits per heavy atom. The quantitative estimate of drug-likeness (QED) is 0.529. The molecule has 0 radical (unpaired) electrons. The monoisotopic (exact) mass is 554 g/mol. The zero-order chi connectivity index (χ0) is 27.7. The lowest BCUT2D eigenvalue weighted by molar-refractivity contribution is -0.125. The molecule has 4 atom stereocenters. The molecule has 210 valence electrons. The summed E-state index contributed by atoms with van der Waals surface area (Å²) in [6.45, 7) is 8.20. The number of aryl methyl sites for hydroxylation is 2. The number of nitrogens with zero attached hydrogens (tertiary/aromatic N) is 5. The van der Waals surface area contributed by atoms with Crippen LogP contribution in [0.3, 0.4) is 0 Å². The Labute approximate surface area is 230 Å². The molecule has 3 aliphatic heterocycles. The van der Waals surface area contributed by atoms with Crippen molar-refractivity contribution in [2.45, 2.75) is 45.2 Å². The average Bonchev–Trinajstić information content (AvgIpc) is 3.62. The second kappa shape index (κ2) is 11.3. The number of hydrogen-bond donors (Lipinski definition) is 1. The molecule has 10 nitrogen and oxygen atoms in total. The fraction of sp³-hybridized carbons (Fsp3) is 0.571. The Morgan fingerprint density at radius 1 is 1.03 bits per heavy atom. The van der Waals surface area contributed by atoms with E-state index in [4.69, 9.17) is 0 Å². The number of carbonyl (C=O) groups excluding carboxylic acids is 2. The second-order valence-corrected chi connectivity index (χ2v) is 13.1. The van der Waals surface area contributed by atoms with Gasteiger partial charge in [-0.15, -0.1) is 0 Å². The average molecular weight is 555 g/mol. The van der Waals surface area contributed by atoms with Crippen LogP contribution in [-0.4, -0.2) is 95.9 Å². The molecule has 2 amide bonds. The van der Waals surface area contributed by atoms with Crippen LogP contribution in [0.15, 0.2) is 36.7 Å². The third-order valence-corrected chi connectivity index (χ3v) is 9.76. The van der Waals surface area contributed by atoms with Crippen molar-refractivity contribution in [3.63, 3.8) is 0 Å². The summed E-state index contributed by atoms with van der Waals surface area (Å²) in [5, 5.41) is 3.17. The highest BCUT2D eigenvalue weighted by atomic mass is 32.2. The highest BCUT2D eigenvalue weighted by Gasteiger charge is 2.42. The smallest absolute Gasteiger partial charge is 0.257 e. The number of hydrogen-bond acceptors (Lipinski definition) is 7. The number of benzene rings is 1. The van der Waals surface area contributed by atoms with E-state index in [1.165, 1.54) is 16.9 Å². The predicted molar refractivity (Wildman–Crippen MR) is 147 cm³/mol. The molecule has 3 aliphatic rings.